The molecule has 0 aliphatic carbocycles. The number of hydrogen-bond donors (Lipinski definition) is 1. The van der Waals surface area contributed by atoms with Crippen LogP contribution >= 0.6 is 12.9 Å². The zero-order valence-electron chi connectivity index (χ0n) is 5.47. The maximum Gasteiger partial charge on any atom is 0.137 e. The smallest absolute Gasteiger partial charge is 0.137 e. The van der Waals surface area contributed by atoms with Crippen LogP contribution in [-0.4, -0.2) is 0 Å². The lowest BCUT2D eigenvalue weighted by molar-refractivity contribution is 0.607. The predicted molar refractivity (Wildman–Crippen MR) is 40.8 cm³/mol. The highest BCUT2D eigenvalue weighted by atomic mass is 32.1. The van der Waals surface area contributed by atoms with Gasteiger partial charge in [-0.25, -0.2) is 4.39 Å². The van der Waals surface area contributed by atoms with Gasteiger partial charge in [0, 0.05) is 12.9 Å². The molecule has 0 radical (unpaired) electrons. The normalized spacial score (nSPS) is 9.50. The summed E-state index contributed by atoms with van der Waals surface area (Å²) in [5.41, 5.74) is 0.562. The Morgan fingerprint density at radius 1 is 1.50 bits per heavy atom. The van der Waals surface area contributed by atoms with Crippen LogP contribution in [0.15, 0.2) is 18.2 Å². The molecule has 1 aromatic rings. The Morgan fingerprint density at radius 2 is 2.20 bits per heavy atom. The minimum Gasteiger partial charge on any atom is -0.429 e. The fourth-order valence-electron chi connectivity index (χ4n) is 0.674. The molecule has 0 amide bonds. The number of halogens is 1. The molecule has 0 heterocycles. The molecular formula is C7H7FOS. The second-order valence-electron chi connectivity index (χ2n) is 2.00. The van der Waals surface area contributed by atoms with Crippen LogP contribution in [0.2, 0.25) is 0 Å². The van der Waals surface area contributed by atoms with Gasteiger partial charge in [-0.15, -0.1) is 0 Å². The molecule has 0 aromatic heterocycles. The van der Waals surface area contributed by atoms with Gasteiger partial charge in [0.1, 0.15) is 11.6 Å². The Morgan fingerprint density at radius 3 is 2.70 bits per heavy atom. The molecule has 0 aliphatic heterocycles. The van der Waals surface area contributed by atoms with Crippen molar-refractivity contribution in [2.24, 2.45) is 0 Å². The van der Waals surface area contributed by atoms with E-state index in [2.05, 4.69) is 17.1 Å². The summed E-state index contributed by atoms with van der Waals surface area (Å²) in [6.07, 6.45) is 0. The van der Waals surface area contributed by atoms with E-state index in [4.69, 9.17) is 0 Å². The van der Waals surface area contributed by atoms with E-state index in [1.807, 2.05) is 0 Å². The zero-order valence-corrected chi connectivity index (χ0v) is 6.36. The molecule has 0 spiro atoms. The highest BCUT2D eigenvalue weighted by molar-refractivity contribution is 7.75. The standard InChI is InChI=1S/C7H7FOS/c1-5-4-6(9-10)2-3-7(5)8/h2-4,10H,1H3. The summed E-state index contributed by atoms with van der Waals surface area (Å²) in [7, 11) is 0. The average molecular weight is 158 g/mol. The van der Waals surface area contributed by atoms with E-state index >= 15 is 0 Å². The van der Waals surface area contributed by atoms with Crippen LogP contribution < -0.4 is 4.18 Å². The van der Waals surface area contributed by atoms with Crippen molar-refractivity contribution in [1.82, 2.24) is 0 Å². The van der Waals surface area contributed by atoms with Crippen LogP contribution in [0.5, 0.6) is 5.75 Å². The van der Waals surface area contributed by atoms with Crippen LogP contribution in [0, 0.1) is 12.7 Å². The largest absolute Gasteiger partial charge is 0.429 e. The van der Waals surface area contributed by atoms with Crippen molar-refractivity contribution in [3.63, 3.8) is 0 Å². The lowest BCUT2D eigenvalue weighted by Gasteiger charge is -1.98. The van der Waals surface area contributed by atoms with E-state index in [0.29, 0.717) is 11.3 Å². The SMILES string of the molecule is Cc1cc(OS)ccc1F. The van der Waals surface area contributed by atoms with Crippen molar-refractivity contribution in [1.29, 1.82) is 0 Å². The molecule has 3 heteroatoms. The van der Waals surface area contributed by atoms with Crippen molar-refractivity contribution in [2.45, 2.75) is 6.92 Å². The molecule has 0 unspecified atom stereocenters. The molecule has 1 aromatic carbocycles. The quantitative estimate of drug-likeness (QED) is 0.487. The molecular weight excluding hydrogens is 151 g/mol. The van der Waals surface area contributed by atoms with Crippen molar-refractivity contribution >= 4 is 12.9 Å². The summed E-state index contributed by atoms with van der Waals surface area (Å²) in [5.74, 6) is 0.330. The summed E-state index contributed by atoms with van der Waals surface area (Å²) >= 11 is 3.57. The highest BCUT2D eigenvalue weighted by Gasteiger charge is 1.97. The Bertz CT molecular complexity index is 237. The Labute approximate surface area is 64.4 Å². The van der Waals surface area contributed by atoms with Gasteiger partial charge in [-0.1, -0.05) is 0 Å². The van der Waals surface area contributed by atoms with E-state index in [9.17, 15) is 4.39 Å². The van der Waals surface area contributed by atoms with Gasteiger partial charge in [-0.2, -0.15) is 0 Å². The zero-order chi connectivity index (χ0) is 7.56. The minimum atomic E-state index is -0.228. The van der Waals surface area contributed by atoms with Crippen LogP contribution in [0.1, 0.15) is 5.56 Å². The molecule has 0 aliphatic rings. The molecule has 1 rings (SSSR count). The number of benzene rings is 1. The molecule has 0 saturated carbocycles. The first kappa shape index (κ1) is 7.41. The van der Waals surface area contributed by atoms with Gasteiger partial charge in [-0.3, -0.25) is 0 Å². The minimum absolute atomic E-state index is 0.228. The van der Waals surface area contributed by atoms with Gasteiger partial charge >= 0.3 is 0 Å². The molecule has 0 fully saturated rings. The third-order valence-electron chi connectivity index (χ3n) is 1.23. The van der Waals surface area contributed by atoms with E-state index < -0.39 is 0 Å². The number of hydrogen-bond acceptors (Lipinski definition) is 2. The third-order valence-corrected chi connectivity index (χ3v) is 1.45. The first-order chi connectivity index (χ1) is 4.74. The third kappa shape index (κ3) is 1.42. The van der Waals surface area contributed by atoms with Crippen LogP contribution in [0.25, 0.3) is 0 Å². The Balaban J connectivity index is 3.04. The van der Waals surface area contributed by atoms with E-state index in [0.717, 1.165) is 0 Å². The molecule has 0 bridgehead atoms. The second-order valence-corrected chi connectivity index (χ2v) is 2.18. The number of rotatable bonds is 1. The van der Waals surface area contributed by atoms with Crippen LogP contribution in [-0.2, 0) is 0 Å². The van der Waals surface area contributed by atoms with Gasteiger partial charge in [0.15, 0.2) is 0 Å². The summed E-state index contributed by atoms with van der Waals surface area (Å²) < 4.78 is 17.1. The Hall–Kier alpha value is -0.700. The molecule has 0 saturated heterocycles. The fourth-order valence-corrected chi connectivity index (χ4v) is 0.788. The molecule has 1 nitrogen and oxygen atoms in total. The van der Waals surface area contributed by atoms with Gasteiger partial charge in [0.05, 0.1) is 0 Å². The second kappa shape index (κ2) is 2.92. The highest BCUT2D eigenvalue weighted by Crippen LogP contribution is 2.16. The van der Waals surface area contributed by atoms with Gasteiger partial charge in [0.25, 0.3) is 0 Å². The van der Waals surface area contributed by atoms with Crippen molar-refractivity contribution < 1.29 is 8.57 Å². The first-order valence-electron chi connectivity index (χ1n) is 2.81. The summed E-state index contributed by atoms with van der Waals surface area (Å²) in [6.45, 7) is 1.67. The molecule has 54 valence electrons. The van der Waals surface area contributed by atoms with Gasteiger partial charge < -0.3 is 4.18 Å². The number of aryl methyl sites for hydroxylation is 1. The molecule has 10 heavy (non-hydrogen) atoms. The van der Waals surface area contributed by atoms with Crippen LogP contribution in [0.3, 0.4) is 0 Å². The summed E-state index contributed by atoms with van der Waals surface area (Å²) in [4.78, 5) is 0. The van der Waals surface area contributed by atoms with Crippen molar-refractivity contribution in [2.75, 3.05) is 0 Å². The Kier molecular flexibility index (Phi) is 2.17. The fraction of sp³-hybridized carbons (Fsp3) is 0.143. The average Bonchev–Trinajstić information content (AvgIpc) is 1.95. The lowest BCUT2D eigenvalue weighted by Crippen LogP contribution is -1.82. The van der Waals surface area contributed by atoms with E-state index in [1.54, 1.807) is 13.0 Å². The summed E-state index contributed by atoms with van der Waals surface area (Å²) in [6, 6.07) is 4.46. The topological polar surface area (TPSA) is 9.23 Å². The van der Waals surface area contributed by atoms with Crippen LogP contribution in [0.4, 0.5) is 4.39 Å². The van der Waals surface area contributed by atoms with Crippen molar-refractivity contribution in [3.05, 3.63) is 29.6 Å². The maximum atomic E-state index is 12.6. The maximum absolute atomic E-state index is 12.6. The first-order valence-corrected chi connectivity index (χ1v) is 3.18. The summed E-state index contributed by atoms with van der Waals surface area (Å²) in [5, 5.41) is 0. The van der Waals surface area contributed by atoms with Crippen molar-refractivity contribution in [3.8, 4) is 5.75 Å². The molecule has 0 atom stereocenters. The molecule has 0 N–H and O–H groups in total. The van der Waals surface area contributed by atoms with E-state index in [-0.39, 0.29) is 5.82 Å². The number of thiol groups is 1. The lowest BCUT2D eigenvalue weighted by atomic mass is 10.2. The monoisotopic (exact) mass is 158 g/mol. The van der Waals surface area contributed by atoms with Gasteiger partial charge in [0.2, 0.25) is 0 Å². The van der Waals surface area contributed by atoms with E-state index in [1.165, 1.54) is 12.1 Å². The van der Waals surface area contributed by atoms with Gasteiger partial charge in [-0.05, 0) is 30.7 Å². The predicted octanol–water partition coefficient (Wildman–Crippen LogP) is 2.36.